The molecule has 0 heterocycles. The topological polar surface area (TPSA) is 84.2 Å². The number of nitrogens with one attached hydrogen (secondary N) is 2. The lowest BCUT2D eigenvalue weighted by Gasteiger charge is -2.21. The van der Waals surface area contributed by atoms with Crippen LogP contribution in [-0.4, -0.2) is 23.9 Å². The van der Waals surface area contributed by atoms with Crippen molar-refractivity contribution in [1.29, 1.82) is 0 Å². The second-order valence-electron chi connectivity index (χ2n) is 4.61. The molecule has 0 aliphatic rings. The molecule has 0 bridgehead atoms. The molecule has 98 valence electrons. The van der Waals surface area contributed by atoms with E-state index in [1.54, 1.807) is 13.8 Å². The number of nitrogens with two attached hydrogens (primary N) is 1. The van der Waals surface area contributed by atoms with E-state index < -0.39 is 11.4 Å². The number of hydrogen-bond donors (Lipinski definition) is 3. The van der Waals surface area contributed by atoms with Gasteiger partial charge >= 0.3 is 0 Å². The van der Waals surface area contributed by atoms with Crippen molar-refractivity contribution < 1.29 is 9.59 Å². The summed E-state index contributed by atoms with van der Waals surface area (Å²) in [6, 6.07) is 9.61. The fraction of sp³-hybridized carbons (Fsp3) is 0.385. The zero-order valence-electron chi connectivity index (χ0n) is 10.7. The van der Waals surface area contributed by atoms with Crippen LogP contribution < -0.4 is 16.4 Å². The van der Waals surface area contributed by atoms with Gasteiger partial charge in [-0.05, 0) is 19.4 Å². The van der Waals surface area contributed by atoms with Crippen molar-refractivity contribution >= 4 is 11.8 Å². The molecule has 4 N–H and O–H groups in total. The molecule has 0 radical (unpaired) electrons. The van der Waals surface area contributed by atoms with Crippen LogP contribution in [0.4, 0.5) is 0 Å². The maximum Gasteiger partial charge on any atom is 0.237 e. The number of rotatable bonds is 6. The van der Waals surface area contributed by atoms with E-state index in [2.05, 4.69) is 10.6 Å². The number of carbonyl (C=O) groups is 2. The minimum Gasteiger partial charge on any atom is -0.368 e. The van der Waals surface area contributed by atoms with Crippen LogP contribution in [0.3, 0.4) is 0 Å². The van der Waals surface area contributed by atoms with Gasteiger partial charge in [-0.2, -0.15) is 0 Å². The molecule has 1 aromatic carbocycles. The van der Waals surface area contributed by atoms with Crippen molar-refractivity contribution in [2.75, 3.05) is 6.54 Å². The van der Waals surface area contributed by atoms with Crippen molar-refractivity contribution in [3.05, 3.63) is 35.9 Å². The molecule has 0 spiro atoms. The molecule has 0 aliphatic carbocycles. The molecule has 0 atom stereocenters. The van der Waals surface area contributed by atoms with Crippen LogP contribution in [-0.2, 0) is 16.1 Å². The van der Waals surface area contributed by atoms with E-state index in [-0.39, 0.29) is 12.5 Å². The standard InChI is InChI=1S/C13H19N3O2/c1-13(2,12(14)18)16-9-11(17)15-8-10-6-4-3-5-7-10/h3-7,16H,8-9H2,1-2H3,(H2,14,18)(H,15,17). The molecule has 0 fully saturated rings. The third-order valence-corrected chi connectivity index (χ3v) is 2.64. The van der Waals surface area contributed by atoms with Crippen LogP contribution in [0.2, 0.25) is 0 Å². The van der Waals surface area contributed by atoms with Crippen molar-refractivity contribution in [2.45, 2.75) is 25.9 Å². The van der Waals surface area contributed by atoms with E-state index in [0.717, 1.165) is 5.56 Å². The monoisotopic (exact) mass is 249 g/mol. The first kappa shape index (κ1) is 14.2. The maximum atomic E-state index is 11.6. The van der Waals surface area contributed by atoms with Gasteiger partial charge < -0.3 is 11.1 Å². The SMILES string of the molecule is CC(C)(NCC(=O)NCc1ccccc1)C(N)=O. The van der Waals surface area contributed by atoms with Gasteiger partial charge in [0.1, 0.15) is 0 Å². The van der Waals surface area contributed by atoms with Crippen LogP contribution >= 0.6 is 0 Å². The summed E-state index contributed by atoms with van der Waals surface area (Å²) in [6.07, 6.45) is 0. The summed E-state index contributed by atoms with van der Waals surface area (Å²) in [7, 11) is 0. The second kappa shape index (κ2) is 6.16. The highest BCUT2D eigenvalue weighted by Crippen LogP contribution is 1.99. The predicted octanol–water partition coefficient (Wildman–Crippen LogP) is 0.156. The first-order chi connectivity index (χ1) is 8.42. The normalized spacial score (nSPS) is 11.0. The molecular formula is C13H19N3O2. The average Bonchev–Trinajstić information content (AvgIpc) is 2.35. The van der Waals surface area contributed by atoms with Crippen molar-refractivity contribution in [3.8, 4) is 0 Å². The number of benzene rings is 1. The maximum absolute atomic E-state index is 11.6. The second-order valence-corrected chi connectivity index (χ2v) is 4.61. The molecular weight excluding hydrogens is 230 g/mol. The summed E-state index contributed by atoms with van der Waals surface area (Å²) < 4.78 is 0. The van der Waals surface area contributed by atoms with Gasteiger partial charge in [0.2, 0.25) is 11.8 Å². The number of primary amides is 1. The van der Waals surface area contributed by atoms with E-state index >= 15 is 0 Å². The van der Waals surface area contributed by atoms with Crippen LogP contribution in [0.25, 0.3) is 0 Å². The number of amides is 2. The van der Waals surface area contributed by atoms with Crippen LogP contribution in [0.5, 0.6) is 0 Å². The highest BCUT2D eigenvalue weighted by Gasteiger charge is 2.24. The third kappa shape index (κ3) is 4.55. The summed E-state index contributed by atoms with van der Waals surface area (Å²) >= 11 is 0. The number of carbonyl (C=O) groups excluding carboxylic acids is 2. The molecule has 0 saturated carbocycles. The van der Waals surface area contributed by atoms with Gasteiger partial charge in [-0.3, -0.25) is 14.9 Å². The first-order valence-corrected chi connectivity index (χ1v) is 5.77. The lowest BCUT2D eigenvalue weighted by molar-refractivity contribution is -0.124. The summed E-state index contributed by atoms with van der Waals surface area (Å²) in [4.78, 5) is 22.6. The van der Waals surface area contributed by atoms with E-state index in [9.17, 15) is 9.59 Å². The predicted molar refractivity (Wildman–Crippen MR) is 69.6 cm³/mol. The van der Waals surface area contributed by atoms with Crippen LogP contribution in [0.15, 0.2) is 30.3 Å². The Bertz CT molecular complexity index is 416. The van der Waals surface area contributed by atoms with Gasteiger partial charge in [0, 0.05) is 6.54 Å². The highest BCUT2D eigenvalue weighted by atomic mass is 16.2. The lowest BCUT2D eigenvalue weighted by atomic mass is 10.1. The Morgan fingerprint density at radius 2 is 1.83 bits per heavy atom. The quantitative estimate of drug-likeness (QED) is 0.671. The van der Waals surface area contributed by atoms with E-state index in [0.29, 0.717) is 6.54 Å². The summed E-state index contributed by atoms with van der Waals surface area (Å²) in [5, 5.41) is 5.56. The largest absolute Gasteiger partial charge is 0.368 e. The van der Waals surface area contributed by atoms with Gasteiger partial charge in [-0.15, -0.1) is 0 Å². The first-order valence-electron chi connectivity index (χ1n) is 5.77. The lowest BCUT2D eigenvalue weighted by Crippen LogP contribution is -2.53. The third-order valence-electron chi connectivity index (χ3n) is 2.64. The Kier molecular flexibility index (Phi) is 4.85. The molecule has 2 amide bonds. The van der Waals surface area contributed by atoms with Crippen molar-refractivity contribution in [3.63, 3.8) is 0 Å². The molecule has 0 saturated heterocycles. The summed E-state index contributed by atoms with van der Waals surface area (Å²) in [5.74, 6) is -0.661. The smallest absolute Gasteiger partial charge is 0.237 e. The molecule has 1 aromatic rings. The fourth-order valence-corrected chi connectivity index (χ4v) is 1.25. The molecule has 1 rings (SSSR count). The summed E-state index contributed by atoms with van der Waals surface area (Å²) in [6.45, 7) is 3.81. The number of hydrogen-bond acceptors (Lipinski definition) is 3. The molecule has 0 aliphatic heterocycles. The Hall–Kier alpha value is -1.88. The zero-order valence-corrected chi connectivity index (χ0v) is 10.7. The molecule has 5 heteroatoms. The molecule has 18 heavy (non-hydrogen) atoms. The average molecular weight is 249 g/mol. The van der Waals surface area contributed by atoms with E-state index in [4.69, 9.17) is 5.73 Å². The Labute approximate surface area is 107 Å². The van der Waals surface area contributed by atoms with Crippen molar-refractivity contribution in [1.82, 2.24) is 10.6 Å². The van der Waals surface area contributed by atoms with Gasteiger partial charge in [0.25, 0.3) is 0 Å². The Morgan fingerprint density at radius 1 is 1.22 bits per heavy atom. The molecule has 0 unspecified atom stereocenters. The zero-order chi connectivity index (χ0) is 13.6. The van der Waals surface area contributed by atoms with Gasteiger partial charge in [-0.25, -0.2) is 0 Å². The van der Waals surface area contributed by atoms with E-state index in [1.165, 1.54) is 0 Å². The van der Waals surface area contributed by atoms with Gasteiger partial charge in [-0.1, -0.05) is 30.3 Å². The fourth-order valence-electron chi connectivity index (χ4n) is 1.25. The van der Waals surface area contributed by atoms with Gasteiger partial charge in [0.15, 0.2) is 0 Å². The minimum absolute atomic E-state index is 0.0583. The Balaban J connectivity index is 2.33. The van der Waals surface area contributed by atoms with Crippen LogP contribution in [0, 0.1) is 0 Å². The van der Waals surface area contributed by atoms with Gasteiger partial charge in [0.05, 0.1) is 12.1 Å². The highest BCUT2D eigenvalue weighted by molar-refractivity contribution is 5.85. The van der Waals surface area contributed by atoms with Crippen LogP contribution in [0.1, 0.15) is 19.4 Å². The summed E-state index contributed by atoms with van der Waals surface area (Å²) in [5.41, 5.74) is 5.33. The van der Waals surface area contributed by atoms with Crippen molar-refractivity contribution in [2.24, 2.45) is 5.73 Å². The van der Waals surface area contributed by atoms with E-state index in [1.807, 2.05) is 30.3 Å². The molecule has 5 nitrogen and oxygen atoms in total. The Morgan fingerprint density at radius 3 is 2.39 bits per heavy atom. The molecule has 0 aromatic heterocycles. The minimum atomic E-state index is -0.885.